The number of nitrogens with zero attached hydrogens (tertiary/aromatic N) is 1. The van der Waals surface area contributed by atoms with Crippen LogP contribution >= 0.6 is 0 Å². The normalized spacial score (nSPS) is 12.5. The second kappa shape index (κ2) is 5.49. The van der Waals surface area contributed by atoms with Gasteiger partial charge in [-0.2, -0.15) is 0 Å². The Kier molecular flexibility index (Phi) is 5.21. The molecule has 0 saturated carbocycles. The first-order chi connectivity index (χ1) is 7.10. The van der Waals surface area contributed by atoms with Crippen LogP contribution in [0.5, 0.6) is 0 Å². The van der Waals surface area contributed by atoms with Crippen LogP contribution in [0.4, 0.5) is 4.79 Å². The second-order valence-corrected chi connectivity index (χ2v) is 6.78. The van der Waals surface area contributed by atoms with Gasteiger partial charge in [0.1, 0.15) is 0 Å². The van der Waals surface area contributed by atoms with Gasteiger partial charge in [-0.15, -0.1) is 0 Å². The molecule has 0 bridgehead atoms. The lowest BCUT2D eigenvalue weighted by molar-refractivity contribution is 0.105. The summed E-state index contributed by atoms with van der Waals surface area (Å²) in [5, 5.41) is 17.4. The average molecular weight is 253 g/mol. The first-order valence-electron chi connectivity index (χ1n) is 4.92. The van der Waals surface area contributed by atoms with Crippen molar-refractivity contribution in [3.63, 3.8) is 0 Å². The van der Waals surface area contributed by atoms with Crippen molar-refractivity contribution in [1.82, 2.24) is 4.90 Å². The molecule has 0 aromatic carbocycles. The minimum Gasteiger partial charge on any atom is -0.465 e. The second-order valence-electron chi connectivity index (χ2n) is 4.48. The molecule has 0 aliphatic carbocycles. The molecule has 7 heteroatoms. The monoisotopic (exact) mass is 253 g/mol. The van der Waals surface area contributed by atoms with Crippen molar-refractivity contribution in [1.29, 1.82) is 0 Å². The predicted molar refractivity (Wildman–Crippen MR) is 60.2 cm³/mol. The van der Waals surface area contributed by atoms with Gasteiger partial charge >= 0.3 is 6.09 Å². The van der Waals surface area contributed by atoms with Crippen molar-refractivity contribution < 1.29 is 23.4 Å². The van der Waals surface area contributed by atoms with Gasteiger partial charge in [0, 0.05) is 12.1 Å². The summed E-state index contributed by atoms with van der Waals surface area (Å²) in [6, 6.07) is 0. The van der Waals surface area contributed by atoms with Crippen LogP contribution in [0.3, 0.4) is 0 Å². The summed E-state index contributed by atoms with van der Waals surface area (Å²) >= 11 is 0. The highest BCUT2D eigenvalue weighted by molar-refractivity contribution is 7.91. The number of sulfone groups is 1. The zero-order chi connectivity index (χ0) is 13.0. The molecule has 0 fully saturated rings. The number of hydrogen-bond donors (Lipinski definition) is 2. The lowest BCUT2D eigenvalue weighted by atomic mass is 10.1. The van der Waals surface area contributed by atoms with Gasteiger partial charge in [0.2, 0.25) is 0 Å². The molecule has 6 nitrogen and oxygen atoms in total. The smallest absolute Gasteiger partial charge is 0.407 e. The van der Waals surface area contributed by atoms with Gasteiger partial charge in [-0.05, 0) is 20.8 Å². The molecular weight excluding hydrogens is 234 g/mol. The Hall–Kier alpha value is -0.820. The zero-order valence-electron chi connectivity index (χ0n) is 9.80. The van der Waals surface area contributed by atoms with Crippen LogP contribution < -0.4 is 0 Å². The van der Waals surface area contributed by atoms with Gasteiger partial charge in [-0.1, -0.05) is 0 Å². The van der Waals surface area contributed by atoms with Gasteiger partial charge in [0.15, 0.2) is 9.84 Å². The van der Waals surface area contributed by atoms with E-state index in [1.807, 2.05) is 0 Å². The number of rotatable bonds is 5. The maximum atomic E-state index is 11.3. The number of hydrogen-bond acceptors (Lipinski definition) is 4. The van der Waals surface area contributed by atoms with E-state index in [1.165, 1.54) is 0 Å². The summed E-state index contributed by atoms with van der Waals surface area (Å²) < 4.78 is 22.6. The lowest BCUT2D eigenvalue weighted by Gasteiger charge is -2.32. The maximum Gasteiger partial charge on any atom is 0.407 e. The van der Waals surface area contributed by atoms with Crippen molar-refractivity contribution in [2.45, 2.75) is 26.3 Å². The molecule has 0 atom stereocenters. The van der Waals surface area contributed by atoms with Crippen LogP contribution in [0.15, 0.2) is 0 Å². The fraction of sp³-hybridized carbons (Fsp3) is 0.889. The van der Waals surface area contributed by atoms with Crippen molar-refractivity contribution in [3.05, 3.63) is 0 Å². The largest absolute Gasteiger partial charge is 0.465 e. The van der Waals surface area contributed by atoms with Crippen LogP contribution in [-0.4, -0.2) is 59.8 Å². The molecule has 16 heavy (non-hydrogen) atoms. The summed E-state index contributed by atoms with van der Waals surface area (Å²) in [6.07, 6.45) is -1.15. The molecule has 0 aromatic rings. The molecule has 1 amide bonds. The maximum absolute atomic E-state index is 11.3. The standard InChI is InChI=1S/C9H19NO5S/c1-9(2,3)10(8(12)13)4-6-16(14,15)7-5-11/h11H,4-7H2,1-3H3,(H,12,13). The number of carboxylic acid groups (broad SMARTS) is 1. The minimum absolute atomic E-state index is 0.0822. The van der Waals surface area contributed by atoms with E-state index >= 15 is 0 Å². The highest BCUT2D eigenvalue weighted by Gasteiger charge is 2.27. The van der Waals surface area contributed by atoms with Gasteiger partial charge in [0.05, 0.1) is 18.1 Å². The fourth-order valence-corrected chi connectivity index (χ4v) is 2.13. The van der Waals surface area contributed by atoms with E-state index in [1.54, 1.807) is 20.8 Å². The first kappa shape index (κ1) is 15.2. The quantitative estimate of drug-likeness (QED) is 0.728. The summed E-state index contributed by atoms with van der Waals surface area (Å²) in [6.45, 7) is 4.56. The number of amides is 1. The van der Waals surface area contributed by atoms with Gasteiger partial charge in [0.25, 0.3) is 0 Å². The Bertz CT molecular complexity index is 330. The van der Waals surface area contributed by atoms with E-state index in [2.05, 4.69) is 0 Å². The van der Waals surface area contributed by atoms with Gasteiger partial charge in [-0.3, -0.25) is 0 Å². The highest BCUT2D eigenvalue weighted by Crippen LogP contribution is 2.13. The summed E-state index contributed by atoms with van der Waals surface area (Å²) in [5.74, 6) is -0.596. The summed E-state index contributed by atoms with van der Waals surface area (Å²) in [4.78, 5) is 12.0. The third-order valence-corrected chi connectivity index (χ3v) is 3.68. The van der Waals surface area contributed by atoms with Crippen LogP contribution in [0.25, 0.3) is 0 Å². The molecule has 0 aliphatic heterocycles. The molecular formula is C9H19NO5S. The topological polar surface area (TPSA) is 94.9 Å². The number of aliphatic hydroxyl groups excluding tert-OH is 1. The lowest BCUT2D eigenvalue weighted by Crippen LogP contribution is -2.47. The third-order valence-electron chi connectivity index (χ3n) is 2.07. The molecule has 0 radical (unpaired) electrons. The Balaban J connectivity index is 4.52. The first-order valence-corrected chi connectivity index (χ1v) is 6.74. The molecule has 0 aromatic heterocycles. The van der Waals surface area contributed by atoms with Crippen molar-refractivity contribution in [3.8, 4) is 0 Å². The molecule has 96 valence electrons. The van der Waals surface area contributed by atoms with Crippen molar-refractivity contribution in [2.75, 3.05) is 24.7 Å². The van der Waals surface area contributed by atoms with Gasteiger partial charge in [-0.25, -0.2) is 13.2 Å². The van der Waals surface area contributed by atoms with E-state index in [0.717, 1.165) is 4.90 Å². The Morgan fingerprint density at radius 2 is 1.75 bits per heavy atom. The van der Waals surface area contributed by atoms with E-state index < -0.39 is 28.1 Å². The van der Waals surface area contributed by atoms with E-state index in [-0.39, 0.29) is 18.1 Å². The molecule has 2 N–H and O–H groups in total. The average Bonchev–Trinajstić information content (AvgIpc) is 1.99. The summed E-state index contributed by atoms with van der Waals surface area (Å²) in [7, 11) is -3.38. The van der Waals surface area contributed by atoms with Crippen LogP contribution in [-0.2, 0) is 9.84 Å². The molecule has 0 aliphatic rings. The molecule has 0 saturated heterocycles. The number of aliphatic hydroxyl groups is 1. The Morgan fingerprint density at radius 1 is 1.25 bits per heavy atom. The zero-order valence-corrected chi connectivity index (χ0v) is 10.6. The van der Waals surface area contributed by atoms with Crippen molar-refractivity contribution in [2.24, 2.45) is 0 Å². The summed E-state index contributed by atoms with van der Waals surface area (Å²) in [5.41, 5.74) is -0.638. The van der Waals surface area contributed by atoms with E-state index in [4.69, 9.17) is 10.2 Å². The molecule has 0 unspecified atom stereocenters. The molecule has 0 heterocycles. The SMILES string of the molecule is CC(C)(C)N(CCS(=O)(=O)CCO)C(=O)O. The van der Waals surface area contributed by atoms with Crippen LogP contribution in [0, 0.1) is 0 Å². The molecule has 0 rings (SSSR count). The Labute approximate surface area is 95.8 Å². The van der Waals surface area contributed by atoms with Crippen molar-refractivity contribution >= 4 is 15.9 Å². The van der Waals surface area contributed by atoms with Crippen LogP contribution in [0.2, 0.25) is 0 Å². The third kappa shape index (κ3) is 5.32. The fourth-order valence-electron chi connectivity index (χ4n) is 1.19. The Morgan fingerprint density at radius 3 is 2.06 bits per heavy atom. The van der Waals surface area contributed by atoms with E-state index in [0.29, 0.717) is 0 Å². The minimum atomic E-state index is -3.38. The molecule has 0 spiro atoms. The number of carbonyl (C=O) groups is 1. The van der Waals surface area contributed by atoms with Crippen LogP contribution in [0.1, 0.15) is 20.8 Å². The predicted octanol–water partition coefficient (Wildman–Crippen LogP) is 0.172. The van der Waals surface area contributed by atoms with Gasteiger partial charge < -0.3 is 15.1 Å². The highest BCUT2D eigenvalue weighted by atomic mass is 32.2. The van der Waals surface area contributed by atoms with E-state index in [9.17, 15) is 13.2 Å².